The van der Waals surface area contributed by atoms with Crippen molar-refractivity contribution < 1.29 is 8.91 Å². The first-order valence-electron chi connectivity index (χ1n) is 7.22. The molecule has 6 heteroatoms. The summed E-state index contributed by atoms with van der Waals surface area (Å²) < 4.78 is 19.2. The number of halogens is 1. The van der Waals surface area contributed by atoms with Gasteiger partial charge in [0.2, 0.25) is 0 Å². The van der Waals surface area contributed by atoms with Crippen molar-refractivity contribution in [3.8, 4) is 11.5 Å². The SMILES string of the molecule is Cc1cccc(-c2nc(C(N)CN3CCCC3)no2)c1F. The van der Waals surface area contributed by atoms with E-state index in [1.54, 1.807) is 25.1 Å². The second kappa shape index (κ2) is 5.91. The summed E-state index contributed by atoms with van der Waals surface area (Å²) in [6.07, 6.45) is 2.41. The Morgan fingerprint density at radius 2 is 2.14 bits per heavy atom. The number of hydrogen-bond acceptors (Lipinski definition) is 5. The van der Waals surface area contributed by atoms with Crippen LogP contribution in [0.25, 0.3) is 11.5 Å². The molecule has 1 atom stereocenters. The molecule has 0 amide bonds. The van der Waals surface area contributed by atoms with Gasteiger partial charge in [-0.1, -0.05) is 17.3 Å². The number of aryl methyl sites for hydroxylation is 1. The Morgan fingerprint density at radius 1 is 1.38 bits per heavy atom. The highest BCUT2D eigenvalue weighted by atomic mass is 19.1. The third-order valence-corrected chi connectivity index (χ3v) is 3.85. The van der Waals surface area contributed by atoms with Gasteiger partial charge in [-0.25, -0.2) is 4.39 Å². The molecular formula is C15H19FN4O. The highest BCUT2D eigenvalue weighted by Crippen LogP contribution is 2.24. The Hall–Kier alpha value is -1.79. The fourth-order valence-electron chi connectivity index (χ4n) is 2.63. The minimum absolute atomic E-state index is 0.183. The quantitative estimate of drug-likeness (QED) is 0.935. The smallest absolute Gasteiger partial charge is 0.260 e. The van der Waals surface area contributed by atoms with E-state index in [0.717, 1.165) is 13.1 Å². The second-order valence-corrected chi connectivity index (χ2v) is 5.51. The topological polar surface area (TPSA) is 68.2 Å². The number of aromatic nitrogens is 2. The lowest BCUT2D eigenvalue weighted by atomic mass is 10.1. The third-order valence-electron chi connectivity index (χ3n) is 3.85. The van der Waals surface area contributed by atoms with E-state index in [0.29, 0.717) is 23.5 Å². The van der Waals surface area contributed by atoms with Gasteiger partial charge in [-0.3, -0.25) is 0 Å². The zero-order valence-electron chi connectivity index (χ0n) is 12.1. The highest BCUT2D eigenvalue weighted by Gasteiger charge is 2.21. The molecule has 0 bridgehead atoms. The summed E-state index contributed by atoms with van der Waals surface area (Å²) in [5.41, 5.74) is 6.98. The van der Waals surface area contributed by atoms with Gasteiger partial charge in [0.05, 0.1) is 11.6 Å². The molecule has 0 aliphatic carbocycles. The van der Waals surface area contributed by atoms with Crippen LogP contribution in [0.4, 0.5) is 4.39 Å². The van der Waals surface area contributed by atoms with Crippen LogP contribution in [0.2, 0.25) is 0 Å². The van der Waals surface area contributed by atoms with Crippen LogP contribution < -0.4 is 5.73 Å². The molecule has 21 heavy (non-hydrogen) atoms. The lowest BCUT2D eigenvalue weighted by Crippen LogP contribution is -2.30. The Balaban J connectivity index is 1.77. The summed E-state index contributed by atoms with van der Waals surface area (Å²) in [7, 11) is 0. The maximum Gasteiger partial charge on any atom is 0.260 e. The normalized spacial score (nSPS) is 17.3. The van der Waals surface area contributed by atoms with Crippen LogP contribution in [0.15, 0.2) is 22.7 Å². The van der Waals surface area contributed by atoms with Crippen molar-refractivity contribution in [1.82, 2.24) is 15.0 Å². The van der Waals surface area contributed by atoms with E-state index in [1.165, 1.54) is 12.8 Å². The molecule has 0 spiro atoms. The highest BCUT2D eigenvalue weighted by molar-refractivity contribution is 5.55. The van der Waals surface area contributed by atoms with Crippen molar-refractivity contribution in [1.29, 1.82) is 0 Å². The molecule has 1 aliphatic rings. The molecule has 1 aromatic carbocycles. The Morgan fingerprint density at radius 3 is 2.90 bits per heavy atom. The van der Waals surface area contributed by atoms with Gasteiger partial charge in [0.1, 0.15) is 5.82 Å². The summed E-state index contributed by atoms with van der Waals surface area (Å²) in [4.78, 5) is 6.54. The lowest BCUT2D eigenvalue weighted by molar-refractivity contribution is 0.306. The maximum absolute atomic E-state index is 14.1. The first-order valence-corrected chi connectivity index (χ1v) is 7.22. The van der Waals surface area contributed by atoms with E-state index < -0.39 is 0 Å². The second-order valence-electron chi connectivity index (χ2n) is 5.51. The molecule has 1 aliphatic heterocycles. The minimum Gasteiger partial charge on any atom is -0.334 e. The molecule has 0 saturated carbocycles. The molecule has 1 aromatic heterocycles. The monoisotopic (exact) mass is 290 g/mol. The Kier molecular flexibility index (Phi) is 3.98. The van der Waals surface area contributed by atoms with Crippen molar-refractivity contribution in [3.05, 3.63) is 35.4 Å². The summed E-state index contributed by atoms with van der Waals surface area (Å²) in [6.45, 7) is 4.53. The van der Waals surface area contributed by atoms with Gasteiger partial charge in [0.15, 0.2) is 5.82 Å². The zero-order valence-corrected chi connectivity index (χ0v) is 12.1. The van der Waals surface area contributed by atoms with Crippen molar-refractivity contribution in [2.75, 3.05) is 19.6 Å². The molecule has 2 heterocycles. The van der Waals surface area contributed by atoms with Crippen LogP contribution in [-0.4, -0.2) is 34.7 Å². The predicted octanol–water partition coefficient (Wildman–Crippen LogP) is 2.28. The van der Waals surface area contributed by atoms with Crippen LogP contribution in [0, 0.1) is 12.7 Å². The zero-order chi connectivity index (χ0) is 14.8. The largest absolute Gasteiger partial charge is 0.334 e. The van der Waals surface area contributed by atoms with Crippen LogP contribution in [0.1, 0.15) is 30.3 Å². The van der Waals surface area contributed by atoms with Crippen molar-refractivity contribution in [2.45, 2.75) is 25.8 Å². The fraction of sp³-hybridized carbons (Fsp3) is 0.467. The van der Waals surface area contributed by atoms with E-state index in [9.17, 15) is 4.39 Å². The van der Waals surface area contributed by atoms with E-state index in [1.807, 2.05) is 0 Å². The minimum atomic E-state index is -0.333. The molecule has 2 N–H and O–H groups in total. The summed E-state index contributed by atoms with van der Waals surface area (Å²) in [5.74, 6) is 0.279. The first-order chi connectivity index (χ1) is 10.1. The number of likely N-dealkylation sites (tertiary alicyclic amines) is 1. The van der Waals surface area contributed by atoms with E-state index >= 15 is 0 Å². The van der Waals surface area contributed by atoms with Crippen molar-refractivity contribution >= 4 is 0 Å². The lowest BCUT2D eigenvalue weighted by Gasteiger charge is -2.17. The number of hydrogen-bond donors (Lipinski definition) is 1. The van der Waals surface area contributed by atoms with Gasteiger partial charge in [-0.05, 0) is 44.5 Å². The van der Waals surface area contributed by atoms with E-state index in [4.69, 9.17) is 10.3 Å². The predicted molar refractivity (Wildman–Crippen MR) is 77.0 cm³/mol. The summed E-state index contributed by atoms with van der Waals surface area (Å²) in [5, 5.41) is 3.90. The van der Waals surface area contributed by atoms with Gasteiger partial charge in [-0.15, -0.1) is 0 Å². The van der Waals surface area contributed by atoms with Crippen molar-refractivity contribution in [3.63, 3.8) is 0 Å². The standard InChI is InChI=1S/C15H19FN4O/c1-10-5-4-6-11(13(10)16)15-18-14(19-21-15)12(17)9-20-7-2-3-8-20/h4-6,12H,2-3,7-9,17H2,1H3. The molecular weight excluding hydrogens is 271 g/mol. The maximum atomic E-state index is 14.1. The van der Waals surface area contributed by atoms with E-state index in [-0.39, 0.29) is 17.7 Å². The summed E-state index contributed by atoms with van der Waals surface area (Å²) in [6, 6.07) is 4.79. The van der Waals surface area contributed by atoms with Gasteiger partial charge in [0.25, 0.3) is 5.89 Å². The third kappa shape index (κ3) is 2.96. The average Bonchev–Trinajstić information content (AvgIpc) is 3.12. The van der Waals surface area contributed by atoms with Gasteiger partial charge < -0.3 is 15.2 Å². The van der Waals surface area contributed by atoms with Gasteiger partial charge in [0, 0.05) is 6.54 Å². The number of nitrogens with two attached hydrogens (primary N) is 1. The molecule has 1 fully saturated rings. The Bertz CT molecular complexity index is 622. The molecule has 0 radical (unpaired) electrons. The molecule has 2 aromatic rings. The van der Waals surface area contributed by atoms with Gasteiger partial charge >= 0.3 is 0 Å². The summed E-state index contributed by atoms with van der Waals surface area (Å²) >= 11 is 0. The number of rotatable bonds is 4. The number of benzene rings is 1. The number of nitrogens with zero attached hydrogens (tertiary/aromatic N) is 3. The molecule has 1 saturated heterocycles. The molecule has 112 valence electrons. The molecule has 5 nitrogen and oxygen atoms in total. The van der Waals surface area contributed by atoms with Crippen LogP contribution >= 0.6 is 0 Å². The van der Waals surface area contributed by atoms with Gasteiger partial charge in [-0.2, -0.15) is 4.98 Å². The van der Waals surface area contributed by atoms with Crippen molar-refractivity contribution in [2.24, 2.45) is 5.73 Å². The first kappa shape index (κ1) is 14.2. The van der Waals surface area contributed by atoms with E-state index in [2.05, 4.69) is 15.0 Å². The average molecular weight is 290 g/mol. The van der Waals surface area contributed by atoms with Crippen LogP contribution in [-0.2, 0) is 0 Å². The molecule has 3 rings (SSSR count). The van der Waals surface area contributed by atoms with Crippen LogP contribution in [0.3, 0.4) is 0 Å². The Labute approximate surface area is 122 Å². The fourth-order valence-corrected chi connectivity index (χ4v) is 2.63. The molecule has 1 unspecified atom stereocenters. The van der Waals surface area contributed by atoms with Crippen LogP contribution in [0.5, 0.6) is 0 Å².